The summed E-state index contributed by atoms with van der Waals surface area (Å²) in [6.45, 7) is 4.77. The van der Waals surface area contributed by atoms with Gasteiger partial charge in [-0.15, -0.1) is 11.8 Å². The minimum Gasteiger partial charge on any atom is -0.347 e. The van der Waals surface area contributed by atoms with Crippen molar-refractivity contribution in [3.05, 3.63) is 29.3 Å². The van der Waals surface area contributed by atoms with Gasteiger partial charge in [0.25, 0.3) is 0 Å². The third-order valence-electron chi connectivity index (χ3n) is 4.70. The summed E-state index contributed by atoms with van der Waals surface area (Å²) in [5.41, 5.74) is 2.43. The van der Waals surface area contributed by atoms with Crippen LogP contribution in [0.25, 0.3) is 0 Å². The number of likely N-dealkylation sites (tertiary alicyclic amines) is 1. The summed E-state index contributed by atoms with van der Waals surface area (Å²) < 4.78 is 0. The quantitative estimate of drug-likeness (QED) is 0.922. The smallest absolute Gasteiger partial charge is 0.243 e. The van der Waals surface area contributed by atoms with Gasteiger partial charge in [0.2, 0.25) is 11.8 Å². The monoisotopic (exact) mass is 332 g/mol. The summed E-state index contributed by atoms with van der Waals surface area (Å²) in [6, 6.07) is 6.18. The van der Waals surface area contributed by atoms with Crippen LogP contribution in [0.2, 0.25) is 0 Å². The molecule has 5 heteroatoms. The maximum Gasteiger partial charge on any atom is 0.243 e. The highest BCUT2D eigenvalue weighted by atomic mass is 32.2. The molecular formula is C18H24N2O2S. The Balaban J connectivity index is 1.75. The topological polar surface area (TPSA) is 49.4 Å². The highest BCUT2D eigenvalue weighted by molar-refractivity contribution is 7.99. The lowest BCUT2D eigenvalue weighted by atomic mass is 10.0. The number of fused-ring (bicyclic) bond motifs is 1. The number of carbonyl (C=O) groups is 2. The van der Waals surface area contributed by atoms with Crippen LogP contribution in [0.15, 0.2) is 23.1 Å². The Morgan fingerprint density at radius 1 is 1.48 bits per heavy atom. The van der Waals surface area contributed by atoms with Gasteiger partial charge in [-0.1, -0.05) is 24.6 Å². The molecule has 124 valence electrons. The van der Waals surface area contributed by atoms with E-state index in [0.717, 1.165) is 18.6 Å². The standard InChI is InChI=1S/C18H24N2O2S/c1-3-15(20-9-4-5-17(20)21)18(22)19-14-8-10-23-16-7-6-12(2)11-13(14)16/h6-7,11,14-15H,3-5,8-10H2,1-2H3,(H,19,22)/t14-,15-/m1/s1. The van der Waals surface area contributed by atoms with Crippen LogP contribution in [0.5, 0.6) is 0 Å². The third-order valence-corrected chi connectivity index (χ3v) is 5.82. The molecule has 0 unspecified atom stereocenters. The number of nitrogens with one attached hydrogen (secondary N) is 1. The molecule has 3 rings (SSSR count). The number of amides is 2. The fourth-order valence-corrected chi connectivity index (χ4v) is 4.58. The van der Waals surface area contributed by atoms with Gasteiger partial charge in [-0.2, -0.15) is 0 Å². The van der Waals surface area contributed by atoms with E-state index in [1.807, 2.05) is 18.7 Å². The zero-order chi connectivity index (χ0) is 16.4. The van der Waals surface area contributed by atoms with E-state index in [1.165, 1.54) is 16.0 Å². The summed E-state index contributed by atoms with van der Waals surface area (Å²) in [6.07, 6.45) is 3.05. The first kappa shape index (κ1) is 16.4. The van der Waals surface area contributed by atoms with Crippen LogP contribution in [0.1, 0.15) is 49.8 Å². The summed E-state index contributed by atoms with van der Waals surface area (Å²) in [5.74, 6) is 1.12. The maximum absolute atomic E-state index is 12.8. The van der Waals surface area contributed by atoms with Gasteiger partial charge in [0.05, 0.1) is 6.04 Å². The molecule has 23 heavy (non-hydrogen) atoms. The van der Waals surface area contributed by atoms with Crippen molar-refractivity contribution in [3.63, 3.8) is 0 Å². The average molecular weight is 332 g/mol. The van der Waals surface area contributed by atoms with Gasteiger partial charge in [-0.25, -0.2) is 0 Å². The summed E-state index contributed by atoms with van der Waals surface area (Å²) in [7, 11) is 0. The number of rotatable bonds is 4. The lowest BCUT2D eigenvalue weighted by molar-refractivity contribution is -0.137. The fourth-order valence-electron chi connectivity index (χ4n) is 3.48. The van der Waals surface area contributed by atoms with Crippen molar-refractivity contribution in [2.24, 2.45) is 0 Å². The predicted molar refractivity (Wildman–Crippen MR) is 92.4 cm³/mol. The van der Waals surface area contributed by atoms with E-state index in [-0.39, 0.29) is 23.9 Å². The Labute approximate surface area is 142 Å². The highest BCUT2D eigenvalue weighted by Gasteiger charge is 2.33. The number of hydrogen-bond donors (Lipinski definition) is 1. The molecular weight excluding hydrogens is 308 g/mol. The van der Waals surface area contributed by atoms with Crippen molar-refractivity contribution < 1.29 is 9.59 Å². The van der Waals surface area contributed by atoms with E-state index < -0.39 is 0 Å². The van der Waals surface area contributed by atoms with Crippen LogP contribution < -0.4 is 5.32 Å². The second kappa shape index (κ2) is 6.95. The third kappa shape index (κ3) is 3.39. The van der Waals surface area contributed by atoms with Gasteiger partial charge in [0.1, 0.15) is 6.04 Å². The number of aryl methyl sites for hydroxylation is 1. The molecule has 1 saturated heterocycles. The van der Waals surface area contributed by atoms with Crippen LogP contribution in [0.4, 0.5) is 0 Å². The SMILES string of the molecule is CC[C@H](C(=O)N[C@@H]1CCSc2ccc(C)cc21)N1CCCC1=O. The minimum atomic E-state index is -0.326. The number of nitrogens with zero attached hydrogens (tertiary/aromatic N) is 1. The molecule has 2 aliphatic heterocycles. The van der Waals surface area contributed by atoms with E-state index in [2.05, 4.69) is 30.4 Å². The van der Waals surface area contributed by atoms with Crippen LogP contribution in [0.3, 0.4) is 0 Å². The first-order chi connectivity index (χ1) is 11.1. The van der Waals surface area contributed by atoms with Gasteiger partial charge >= 0.3 is 0 Å². The Morgan fingerprint density at radius 2 is 2.30 bits per heavy atom. The normalized spacial score (nSPS) is 21.9. The summed E-state index contributed by atoms with van der Waals surface area (Å²) in [4.78, 5) is 27.7. The summed E-state index contributed by atoms with van der Waals surface area (Å²) >= 11 is 1.85. The van der Waals surface area contributed by atoms with E-state index >= 15 is 0 Å². The maximum atomic E-state index is 12.8. The van der Waals surface area contributed by atoms with Gasteiger partial charge < -0.3 is 10.2 Å². The predicted octanol–water partition coefficient (Wildman–Crippen LogP) is 3.05. The largest absolute Gasteiger partial charge is 0.347 e. The van der Waals surface area contributed by atoms with Gasteiger partial charge in [-0.3, -0.25) is 9.59 Å². The van der Waals surface area contributed by atoms with Gasteiger partial charge in [-0.05, 0) is 37.8 Å². The zero-order valence-corrected chi connectivity index (χ0v) is 14.6. The molecule has 2 atom stereocenters. The first-order valence-corrected chi connectivity index (χ1v) is 9.42. The Kier molecular flexibility index (Phi) is 4.95. The van der Waals surface area contributed by atoms with E-state index in [9.17, 15) is 9.59 Å². The molecule has 0 saturated carbocycles. The molecule has 0 spiro atoms. The molecule has 1 aromatic rings. The number of benzene rings is 1. The van der Waals surface area contributed by atoms with Crippen LogP contribution in [-0.4, -0.2) is 35.1 Å². The molecule has 2 amide bonds. The second-order valence-corrected chi connectivity index (χ2v) is 7.49. The van der Waals surface area contributed by atoms with Crippen molar-refractivity contribution in [2.45, 2.75) is 56.5 Å². The second-order valence-electron chi connectivity index (χ2n) is 6.35. The highest BCUT2D eigenvalue weighted by Crippen LogP contribution is 2.36. The van der Waals surface area contributed by atoms with Crippen LogP contribution in [0, 0.1) is 6.92 Å². The fraction of sp³-hybridized carbons (Fsp3) is 0.556. The number of hydrogen-bond acceptors (Lipinski definition) is 3. The molecule has 1 fully saturated rings. The minimum absolute atomic E-state index is 0.00731. The lowest BCUT2D eigenvalue weighted by Gasteiger charge is -2.31. The van der Waals surface area contributed by atoms with Gasteiger partial charge in [0.15, 0.2) is 0 Å². The zero-order valence-electron chi connectivity index (χ0n) is 13.8. The van der Waals surface area contributed by atoms with Crippen molar-refractivity contribution in [1.29, 1.82) is 0 Å². The first-order valence-electron chi connectivity index (χ1n) is 8.43. The van der Waals surface area contributed by atoms with Crippen molar-refractivity contribution >= 4 is 23.6 Å². The Hall–Kier alpha value is -1.49. The average Bonchev–Trinajstić information content (AvgIpc) is 2.95. The molecule has 1 N–H and O–H groups in total. The molecule has 2 heterocycles. The Bertz CT molecular complexity index is 617. The number of carbonyl (C=O) groups excluding carboxylic acids is 2. The molecule has 0 aromatic heterocycles. The van der Waals surface area contributed by atoms with E-state index in [1.54, 1.807) is 4.90 Å². The molecule has 2 aliphatic rings. The van der Waals surface area contributed by atoms with Crippen LogP contribution >= 0.6 is 11.8 Å². The van der Waals surface area contributed by atoms with Crippen LogP contribution in [-0.2, 0) is 9.59 Å². The summed E-state index contributed by atoms with van der Waals surface area (Å²) in [5, 5.41) is 3.20. The van der Waals surface area contributed by atoms with E-state index in [0.29, 0.717) is 19.4 Å². The number of thioether (sulfide) groups is 1. The molecule has 0 aliphatic carbocycles. The Morgan fingerprint density at radius 3 is 3.00 bits per heavy atom. The van der Waals surface area contributed by atoms with Crippen molar-refractivity contribution in [2.75, 3.05) is 12.3 Å². The van der Waals surface area contributed by atoms with Gasteiger partial charge in [0, 0.05) is 23.6 Å². The molecule has 1 aromatic carbocycles. The molecule has 0 bridgehead atoms. The lowest BCUT2D eigenvalue weighted by Crippen LogP contribution is -2.48. The molecule has 4 nitrogen and oxygen atoms in total. The van der Waals surface area contributed by atoms with Crippen molar-refractivity contribution in [1.82, 2.24) is 10.2 Å². The van der Waals surface area contributed by atoms with E-state index in [4.69, 9.17) is 0 Å². The molecule has 0 radical (unpaired) electrons. The van der Waals surface area contributed by atoms with Crippen molar-refractivity contribution in [3.8, 4) is 0 Å².